The number of hydrogen-bond acceptors (Lipinski definition) is 4. The Kier molecular flexibility index (Phi) is 5.73. The molecule has 20 heavy (non-hydrogen) atoms. The first kappa shape index (κ1) is 15.6. The van der Waals surface area contributed by atoms with Gasteiger partial charge >= 0.3 is 0 Å². The summed E-state index contributed by atoms with van der Waals surface area (Å²) in [6.07, 6.45) is 7.72. The van der Waals surface area contributed by atoms with Gasteiger partial charge in [-0.1, -0.05) is 25.7 Å². The van der Waals surface area contributed by atoms with Crippen LogP contribution in [0.3, 0.4) is 0 Å². The summed E-state index contributed by atoms with van der Waals surface area (Å²) in [7, 11) is 2.88. The third-order valence-corrected chi connectivity index (χ3v) is 4.94. The Morgan fingerprint density at radius 2 is 1.65 bits per heavy atom. The van der Waals surface area contributed by atoms with E-state index in [2.05, 4.69) is 0 Å². The second-order valence-corrected chi connectivity index (χ2v) is 6.10. The van der Waals surface area contributed by atoms with Gasteiger partial charge in [0.15, 0.2) is 5.78 Å². The van der Waals surface area contributed by atoms with E-state index in [4.69, 9.17) is 9.47 Å². The molecule has 2 aliphatic carbocycles. The van der Waals surface area contributed by atoms with Crippen molar-refractivity contribution in [3.05, 3.63) is 0 Å². The fourth-order valence-electron chi connectivity index (χ4n) is 3.86. The fourth-order valence-corrected chi connectivity index (χ4v) is 3.86. The molecule has 0 aromatic carbocycles. The lowest BCUT2D eigenvalue weighted by Crippen LogP contribution is -2.42. The first-order chi connectivity index (χ1) is 9.69. The van der Waals surface area contributed by atoms with Gasteiger partial charge in [0, 0.05) is 20.1 Å². The van der Waals surface area contributed by atoms with Crippen molar-refractivity contribution in [1.29, 1.82) is 0 Å². The maximum atomic E-state index is 12.7. The van der Waals surface area contributed by atoms with Gasteiger partial charge in [-0.3, -0.25) is 9.59 Å². The van der Waals surface area contributed by atoms with Crippen LogP contribution in [0.5, 0.6) is 0 Å². The summed E-state index contributed by atoms with van der Waals surface area (Å²) in [6, 6.07) is 0. The number of hydrogen-bond donors (Lipinski definition) is 0. The number of ether oxygens (including phenoxy) is 2. The predicted octanol–water partition coefficient (Wildman–Crippen LogP) is 2.74. The van der Waals surface area contributed by atoms with E-state index in [1.165, 1.54) is 33.5 Å². The van der Waals surface area contributed by atoms with Gasteiger partial charge in [-0.25, -0.2) is 0 Å². The van der Waals surface area contributed by atoms with E-state index in [1.807, 2.05) is 0 Å². The van der Waals surface area contributed by atoms with Crippen LogP contribution >= 0.6 is 0 Å². The first-order valence-corrected chi connectivity index (χ1v) is 7.82. The molecule has 0 heterocycles. The third kappa shape index (κ3) is 3.29. The van der Waals surface area contributed by atoms with Crippen molar-refractivity contribution in [3.8, 4) is 0 Å². The molecule has 0 aromatic rings. The molecule has 2 fully saturated rings. The zero-order chi connectivity index (χ0) is 14.5. The highest BCUT2D eigenvalue weighted by atomic mass is 16.7. The topological polar surface area (TPSA) is 52.6 Å². The van der Waals surface area contributed by atoms with Crippen molar-refractivity contribution in [2.24, 2.45) is 17.8 Å². The monoisotopic (exact) mass is 282 g/mol. The van der Waals surface area contributed by atoms with E-state index in [-0.39, 0.29) is 17.5 Å². The minimum Gasteiger partial charge on any atom is -0.349 e. The number of carbonyl (C=O) groups excluding carboxylic acids is 2. The summed E-state index contributed by atoms with van der Waals surface area (Å²) in [5.41, 5.74) is 0. The Hall–Kier alpha value is -0.740. The molecule has 4 nitrogen and oxygen atoms in total. The fraction of sp³-hybridized carbons (Fsp3) is 0.875. The molecule has 2 saturated carbocycles. The molecule has 0 saturated heterocycles. The van der Waals surface area contributed by atoms with Gasteiger partial charge in [-0.15, -0.1) is 0 Å². The van der Waals surface area contributed by atoms with E-state index >= 15 is 0 Å². The maximum absolute atomic E-state index is 12.7. The average Bonchev–Trinajstić information content (AvgIpc) is 2.49. The summed E-state index contributed by atoms with van der Waals surface area (Å²) in [4.78, 5) is 25.0. The molecule has 2 aliphatic rings. The highest BCUT2D eigenvalue weighted by molar-refractivity contribution is 6.05. The average molecular weight is 282 g/mol. The smallest absolute Gasteiger partial charge is 0.218 e. The molecule has 0 amide bonds. The zero-order valence-electron chi connectivity index (χ0n) is 12.6. The van der Waals surface area contributed by atoms with Gasteiger partial charge in [0.1, 0.15) is 5.78 Å². The van der Waals surface area contributed by atoms with Crippen LogP contribution in [0.15, 0.2) is 0 Å². The summed E-state index contributed by atoms with van der Waals surface area (Å²) < 4.78 is 10.0. The molecule has 114 valence electrons. The summed E-state index contributed by atoms with van der Waals surface area (Å²) in [6.45, 7) is 0. The van der Waals surface area contributed by atoms with Crippen LogP contribution in [-0.4, -0.2) is 32.1 Å². The Balaban J connectivity index is 2.04. The zero-order valence-corrected chi connectivity index (χ0v) is 12.6. The largest absolute Gasteiger partial charge is 0.349 e. The standard InChI is InChI=1S/C16H26O4/c1-19-16(20-2)15(18)13-10-6-9-12(14(13)17)11-7-4-3-5-8-11/h11-13,16H,3-10H2,1-2H3/t12-,13-/m0/s1. The number of rotatable bonds is 5. The Morgan fingerprint density at radius 1 is 1.00 bits per heavy atom. The van der Waals surface area contributed by atoms with Gasteiger partial charge in [-0.05, 0) is 31.6 Å². The molecule has 0 unspecified atom stereocenters. The first-order valence-electron chi connectivity index (χ1n) is 7.82. The number of ketones is 2. The Bertz CT molecular complexity index is 342. The highest BCUT2D eigenvalue weighted by Crippen LogP contribution is 2.38. The van der Waals surface area contributed by atoms with Crippen molar-refractivity contribution < 1.29 is 19.1 Å². The maximum Gasteiger partial charge on any atom is 0.218 e. The van der Waals surface area contributed by atoms with Gasteiger partial charge < -0.3 is 9.47 Å². The summed E-state index contributed by atoms with van der Waals surface area (Å²) in [5.74, 6) is 0.0242. The van der Waals surface area contributed by atoms with Crippen LogP contribution in [0.4, 0.5) is 0 Å². The number of Topliss-reactive ketones (excluding diaryl/α,β-unsaturated/α-hetero) is 2. The lowest BCUT2D eigenvalue weighted by molar-refractivity contribution is -0.165. The molecule has 2 rings (SSSR count). The third-order valence-electron chi connectivity index (χ3n) is 4.94. The number of methoxy groups -OCH3 is 2. The van der Waals surface area contributed by atoms with Gasteiger partial charge in [-0.2, -0.15) is 0 Å². The summed E-state index contributed by atoms with van der Waals surface area (Å²) in [5, 5.41) is 0. The van der Waals surface area contributed by atoms with E-state index in [9.17, 15) is 9.59 Å². The van der Waals surface area contributed by atoms with E-state index in [0.29, 0.717) is 12.3 Å². The lowest BCUT2D eigenvalue weighted by atomic mass is 9.68. The quantitative estimate of drug-likeness (QED) is 0.574. The Labute approximate surface area is 121 Å². The molecule has 0 spiro atoms. The summed E-state index contributed by atoms with van der Waals surface area (Å²) >= 11 is 0. The van der Waals surface area contributed by atoms with Crippen LogP contribution in [0.1, 0.15) is 51.4 Å². The van der Waals surface area contributed by atoms with Crippen LogP contribution in [0.2, 0.25) is 0 Å². The van der Waals surface area contributed by atoms with Crippen LogP contribution < -0.4 is 0 Å². The molecular weight excluding hydrogens is 256 g/mol. The van der Waals surface area contributed by atoms with Crippen LogP contribution in [0.25, 0.3) is 0 Å². The minimum atomic E-state index is -0.894. The second-order valence-electron chi connectivity index (χ2n) is 6.10. The van der Waals surface area contributed by atoms with Gasteiger partial charge in [0.05, 0.1) is 5.92 Å². The highest BCUT2D eigenvalue weighted by Gasteiger charge is 2.41. The van der Waals surface area contributed by atoms with Crippen LogP contribution in [0, 0.1) is 17.8 Å². The van der Waals surface area contributed by atoms with E-state index in [1.54, 1.807) is 0 Å². The minimum absolute atomic E-state index is 0.0902. The van der Waals surface area contributed by atoms with Gasteiger partial charge in [0.25, 0.3) is 0 Å². The second kappa shape index (κ2) is 7.32. The molecule has 0 aliphatic heterocycles. The van der Waals surface area contributed by atoms with Crippen molar-refractivity contribution >= 4 is 11.6 Å². The molecule has 0 N–H and O–H groups in total. The van der Waals surface area contributed by atoms with E-state index in [0.717, 1.165) is 25.7 Å². The molecule has 0 aromatic heterocycles. The SMILES string of the molecule is COC(OC)C(=O)[C@H]1CCC[C@@H](C2CCCCC2)C1=O. The van der Waals surface area contributed by atoms with Gasteiger partial charge in [0.2, 0.25) is 6.29 Å². The van der Waals surface area contributed by atoms with E-state index < -0.39 is 12.2 Å². The van der Waals surface area contributed by atoms with Crippen molar-refractivity contribution in [2.75, 3.05) is 14.2 Å². The lowest BCUT2D eigenvalue weighted by Gasteiger charge is -2.35. The molecule has 0 bridgehead atoms. The molecule has 2 atom stereocenters. The predicted molar refractivity (Wildman–Crippen MR) is 75.2 cm³/mol. The normalized spacial score (nSPS) is 28.9. The molecule has 4 heteroatoms. The van der Waals surface area contributed by atoms with Crippen molar-refractivity contribution in [1.82, 2.24) is 0 Å². The Morgan fingerprint density at radius 3 is 2.25 bits per heavy atom. The van der Waals surface area contributed by atoms with Crippen LogP contribution in [-0.2, 0) is 19.1 Å². The number of carbonyl (C=O) groups is 2. The molecule has 0 radical (unpaired) electrons. The van der Waals surface area contributed by atoms with Crippen molar-refractivity contribution in [2.45, 2.75) is 57.7 Å². The molecular formula is C16H26O4. The van der Waals surface area contributed by atoms with Crippen molar-refractivity contribution in [3.63, 3.8) is 0 Å².